The zero-order valence-electron chi connectivity index (χ0n) is 10.6. The minimum Gasteiger partial charge on any atom is -0.383 e. The van der Waals surface area contributed by atoms with E-state index in [1.54, 1.807) is 18.9 Å². The molecule has 0 heterocycles. The smallest absolute Gasteiger partial charge is 0.251 e. The molecular formula is C13H18ClNO2S. The van der Waals surface area contributed by atoms with Crippen LogP contribution in [0.15, 0.2) is 29.2 Å². The molecule has 18 heavy (non-hydrogen) atoms. The predicted octanol–water partition coefficient (Wildman–Crippen LogP) is 2.78. The molecule has 1 amide bonds. The summed E-state index contributed by atoms with van der Waals surface area (Å²) in [5.74, 6) is 0.412. The zero-order chi connectivity index (χ0) is 13.4. The normalized spacial score (nSPS) is 12.2. The van der Waals surface area contributed by atoms with Gasteiger partial charge in [0.2, 0.25) is 0 Å². The Hall–Kier alpha value is -0.710. The maximum atomic E-state index is 12.0. The molecule has 0 aliphatic rings. The number of amides is 1. The quantitative estimate of drug-likeness (QED) is 0.619. The van der Waals surface area contributed by atoms with Gasteiger partial charge in [-0.05, 0) is 36.9 Å². The highest BCUT2D eigenvalue weighted by molar-refractivity contribution is 7.98. The number of alkyl halides is 1. The van der Waals surface area contributed by atoms with Gasteiger partial charge in [-0.1, -0.05) is 0 Å². The average Bonchev–Trinajstić information content (AvgIpc) is 2.39. The summed E-state index contributed by atoms with van der Waals surface area (Å²) in [5, 5.41) is 2.92. The van der Waals surface area contributed by atoms with E-state index in [2.05, 4.69) is 5.32 Å². The molecule has 0 spiro atoms. The summed E-state index contributed by atoms with van der Waals surface area (Å²) in [7, 11) is 1.61. The van der Waals surface area contributed by atoms with Crippen LogP contribution in [0.25, 0.3) is 0 Å². The Bertz CT molecular complexity index is 364. The Balaban J connectivity index is 2.61. The van der Waals surface area contributed by atoms with Gasteiger partial charge in [-0.25, -0.2) is 0 Å². The molecule has 1 atom stereocenters. The molecule has 1 aromatic carbocycles. The highest BCUT2D eigenvalue weighted by Gasteiger charge is 2.13. The first-order valence-electron chi connectivity index (χ1n) is 5.71. The Morgan fingerprint density at radius 3 is 2.61 bits per heavy atom. The summed E-state index contributed by atoms with van der Waals surface area (Å²) in [4.78, 5) is 13.1. The lowest BCUT2D eigenvalue weighted by Crippen LogP contribution is -2.38. The summed E-state index contributed by atoms with van der Waals surface area (Å²) in [5.41, 5.74) is 0.656. The number of carbonyl (C=O) groups excluding carboxylic acids is 1. The molecule has 3 nitrogen and oxygen atoms in total. The van der Waals surface area contributed by atoms with Gasteiger partial charge in [0.25, 0.3) is 5.91 Å². The summed E-state index contributed by atoms with van der Waals surface area (Å²) < 4.78 is 5.05. The number of methoxy groups -OCH3 is 1. The predicted molar refractivity (Wildman–Crippen MR) is 76.7 cm³/mol. The van der Waals surface area contributed by atoms with E-state index in [0.29, 0.717) is 24.5 Å². The Labute approximate surface area is 117 Å². The summed E-state index contributed by atoms with van der Waals surface area (Å²) >= 11 is 7.34. The lowest BCUT2D eigenvalue weighted by molar-refractivity contribution is 0.0895. The molecule has 0 bridgehead atoms. The van der Waals surface area contributed by atoms with Crippen molar-refractivity contribution < 1.29 is 9.53 Å². The van der Waals surface area contributed by atoms with Crippen LogP contribution in [0, 0.1) is 0 Å². The molecule has 0 aromatic heterocycles. The number of halogens is 1. The highest BCUT2D eigenvalue weighted by Crippen LogP contribution is 2.14. The SMILES string of the molecule is COCC(CCCl)NC(=O)c1ccc(SC)cc1. The van der Waals surface area contributed by atoms with Gasteiger partial charge >= 0.3 is 0 Å². The minimum absolute atomic E-state index is 0.0415. The topological polar surface area (TPSA) is 38.3 Å². The van der Waals surface area contributed by atoms with Crippen molar-refractivity contribution in [2.75, 3.05) is 25.9 Å². The zero-order valence-corrected chi connectivity index (χ0v) is 12.2. The van der Waals surface area contributed by atoms with Gasteiger partial charge in [-0.2, -0.15) is 0 Å². The second-order valence-electron chi connectivity index (χ2n) is 3.83. The maximum Gasteiger partial charge on any atom is 0.251 e. The Morgan fingerprint density at radius 2 is 2.11 bits per heavy atom. The van der Waals surface area contributed by atoms with Gasteiger partial charge in [0.15, 0.2) is 0 Å². The fourth-order valence-corrected chi connectivity index (χ4v) is 2.21. The van der Waals surface area contributed by atoms with E-state index in [1.807, 2.05) is 30.5 Å². The highest BCUT2D eigenvalue weighted by atomic mass is 35.5. The van der Waals surface area contributed by atoms with Crippen LogP contribution >= 0.6 is 23.4 Å². The van der Waals surface area contributed by atoms with Crippen molar-refractivity contribution in [2.24, 2.45) is 0 Å². The fourth-order valence-electron chi connectivity index (χ4n) is 1.54. The van der Waals surface area contributed by atoms with Crippen molar-refractivity contribution in [3.05, 3.63) is 29.8 Å². The number of rotatable bonds is 7. The molecule has 0 saturated heterocycles. The molecule has 0 fully saturated rings. The molecule has 0 aliphatic carbocycles. The van der Waals surface area contributed by atoms with Crippen LogP contribution in [0.1, 0.15) is 16.8 Å². The van der Waals surface area contributed by atoms with Crippen molar-refractivity contribution in [1.29, 1.82) is 0 Å². The third-order valence-electron chi connectivity index (χ3n) is 2.51. The van der Waals surface area contributed by atoms with E-state index in [-0.39, 0.29) is 11.9 Å². The Morgan fingerprint density at radius 1 is 1.44 bits per heavy atom. The summed E-state index contributed by atoms with van der Waals surface area (Å²) in [6, 6.07) is 7.48. The van der Waals surface area contributed by atoms with Gasteiger partial charge in [-0.15, -0.1) is 23.4 Å². The van der Waals surface area contributed by atoms with Crippen LogP contribution in [-0.2, 0) is 4.74 Å². The second kappa shape index (κ2) is 8.40. The standard InChI is InChI=1S/C13H18ClNO2S/c1-17-9-11(7-8-14)15-13(16)10-3-5-12(18-2)6-4-10/h3-6,11H,7-9H2,1-2H3,(H,15,16). The fraction of sp³-hybridized carbons (Fsp3) is 0.462. The van der Waals surface area contributed by atoms with E-state index >= 15 is 0 Å². The van der Waals surface area contributed by atoms with Gasteiger partial charge in [0.1, 0.15) is 0 Å². The number of hydrogen-bond acceptors (Lipinski definition) is 3. The van der Waals surface area contributed by atoms with E-state index in [4.69, 9.17) is 16.3 Å². The summed E-state index contributed by atoms with van der Waals surface area (Å²) in [6.45, 7) is 0.474. The van der Waals surface area contributed by atoms with E-state index in [0.717, 1.165) is 4.90 Å². The van der Waals surface area contributed by atoms with Crippen molar-refractivity contribution in [2.45, 2.75) is 17.4 Å². The lowest BCUT2D eigenvalue weighted by atomic mass is 10.2. The van der Waals surface area contributed by atoms with Crippen LogP contribution < -0.4 is 5.32 Å². The molecule has 5 heteroatoms. The monoisotopic (exact) mass is 287 g/mol. The van der Waals surface area contributed by atoms with Gasteiger partial charge in [-0.3, -0.25) is 4.79 Å². The molecule has 1 aromatic rings. The summed E-state index contributed by atoms with van der Waals surface area (Å²) in [6.07, 6.45) is 2.70. The minimum atomic E-state index is -0.0881. The van der Waals surface area contributed by atoms with Crippen LogP contribution in [0.4, 0.5) is 0 Å². The van der Waals surface area contributed by atoms with E-state index in [1.165, 1.54) is 0 Å². The van der Waals surface area contributed by atoms with E-state index in [9.17, 15) is 4.79 Å². The molecule has 0 aliphatic heterocycles. The van der Waals surface area contributed by atoms with Crippen molar-refractivity contribution in [3.63, 3.8) is 0 Å². The van der Waals surface area contributed by atoms with Crippen LogP contribution in [0.3, 0.4) is 0 Å². The number of ether oxygens (including phenoxy) is 1. The number of hydrogen-bond donors (Lipinski definition) is 1. The van der Waals surface area contributed by atoms with Crippen LogP contribution in [-0.4, -0.2) is 37.8 Å². The molecule has 100 valence electrons. The van der Waals surface area contributed by atoms with Crippen molar-refractivity contribution in [1.82, 2.24) is 5.32 Å². The first-order chi connectivity index (χ1) is 8.71. The number of benzene rings is 1. The molecule has 1 unspecified atom stereocenters. The third-order valence-corrected chi connectivity index (χ3v) is 3.47. The number of thioether (sulfide) groups is 1. The Kier molecular flexibility index (Phi) is 7.16. The first kappa shape index (κ1) is 15.3. The molecular weight excluding hydrogens is 270 g/mol. The van der Waals surface area contributed by atoms with Crippen molar-refractivity contribution >= 4 is 29.3 Å². The van der Waals surface area contributed by atoms with Crippen LogP contribution in [0.5, 0.6) is 0 Å². The molecule has 1 rings (SSSR count). The molecule has 1 N–H and O–H groups in total. The maximum absolute atomic E-state index is 12.0. The largest absolute Gasteiger partial charge is 0.383 e. The van der Waals surface area contributed by atoms with Gasteiger partial charge in [0, 0.05) is 23.4 Å². The molecule has 0 saturated carbocycles. The van der Waals surface area contributed by atoms with Crippen LogP contribution in [0.2, 0.25) is 0 Å². The number of nitrogens with one attached hydrogen (secondary N) is 1. The third kappa shape index (κ3) is 4.88. The number of carbonyl (C=O) groups is 1. The van der Waals surface area contributed by atoms with Crippen molar-refractivity contribution in [3.8, 4) is 0 Å². The van der Waals surface area contributed by atoms with Gasteiger partial charge in [0.05, 0.1) is 12.6 Å². The first-order valence-corrected chi connectivity index (χ1v) is 7.47. The second-order valence-corrected chi connectivity index (χ2v) is 5.09. The molecule has 0 radical (unpaired) electrons. The average molecular weight is 288 g/mol. The van der Waals surface area contributed by atoms with Gasteiger partial charge < -0.3 is 10.1 Å². The lowest BCUT2D eigenvalue weighted by Gasteiger charge is -2.16. The van der Waals surface area contributed by atoms with E-state index < -0.39 is 0 Å².